The average Bonchev–Trinajstić information content (AvgIpc) is 2.34. The lowest BCUT2D eigenvalue weighted by molar-refractivity contribution is 0.0696. The van der Waals surface area contributed by atoms with Gasteiger partial charge in [0.15, 0.2) is 0 Å². The number of benzene rings is 1. The summed E-state index contributed by atoms with van der Waals surface area (Å²) < 4.78 is 0.876. The molecule has 7 heteroatoms. The number of hydrogen-bond acceptors (Lipinski definition) is 3. The molecular weight excluding hydrogens is 367 g/mol. The second kappa shape index (κ2) is 8.85. The largest absolute Gasteiger partial charge is 0.478 e. The van der Waals surface area contributed by atoms with Gasteiger partial charge in [-0.1, -0.05) is 22.0 Å². The molecule has 1 N–H and O–H groups in total. The third kappa shape index (κ3) is 5.22. The second-order valence-electron chi connectivity index (χ2n) is 4.69. The Bertz CT molecular complexity index is 452. The van der Waals surface area contributed by atoms with Crippen LogP contribution in [-0.4, -0.2) is 54.1 Å². The smallest absolute Gasteiger partial charge is 0.335 e. The third-order valence-electron chi connectivity index (χ3n) is 3.29. The summed E-state index contributed by atoms with van der Waals surface area (Å²) in [7, 11) is 2.13. The number of hydrogen-bond donors (Lipinski definition) is 1. The van der Waals surface area contributed by atoms with E-state index in [4.69, 9.17) is 5.11 Å². The van der Waals surface area contributed by atoms with Gasteiger partial charge in [0, 0.05) is 37.2 Å². The predicted octanol–water partition coefficient (Wildman–Crippen LogP) is 2.74. The van der Waals surface area contributed by atoms with Gasteiger partial charge in [-0.3, -0.25) is 4.90 Å². The molecule has 0 bridgehead atoms. The van der Waals surface area contributed by atoms with Gasteiger partial charge < -0.3 is 10.0 Å². The summed E-state index contributed by atoms with van der Waals surface area (Å²) in [6.07, 6.45) is 0. The van der Waals surface area contributed by atoms with Crippen LogP contribution in [0, 0.1) is 0 Å². The average molecular weight is 386 g/mol. The minimum absolute atomic E-state index is 0. The second-order valence-corrected chi connectivity index (χ2v) is 5.55. The van der Waals surface area contributed by atoms with Crippen molar-refractivity contribution in [2.45, 2.75) is 6.54 Å². The van der Waals surface area contributed by atoms with Crippen molar-refractivity contribution in [1.29, 1.82) is 0 Å². The number of nitrogens with zero attached hydrogens (tertiary/aromatic N) is 2. The molecule has 4 nitrogen and oxygen atoms in total. The van der Waals surface area contributed by atoms with Crippen LogP contribution in [0.3, 0.4) is 0 Å². The fourth-order valence-electron chi connectivity index (χ4n) is 2.06. The number of carbonyl (C=O) groups is 1. The first-order valence-electron chi connectivity index (χ1n) is 5.99. The number of rotatable bonds is 3. The molecule has 0 aromatic heterocycles. The van der Waals surface area contributed by atoms with Crippen LogP contribution in [0.25, 0.3) is 0 Å². The van der Waals surface area contributed by atoms with Gasteiger partial charge in [-0.25, -0.2) is 4.79 Å². The monoisotopic (exact) mass is 384 g/mol. The van der Waals surface area contributed by atoms with Gasteiger partial charge in [-0.2, -0.15) is 0 Å². The highest BCUT2D eigenvalue weighted by molar-refractivity contribution is 9.10. The molecular formula is C13H19BrCl2N2O2. The first kappa shape index (κ1) is 19.7. The summed E-state index contributed by atoms with van der Waals surface area (Å²) in [5.41, 5.74) is 1.47. The summed E-state index contributed by atoms with van der Waals surface area (Å²) in [6.45, 7) is 5.16. The number of halogens is 3. The number of piperazine rings is 1. The van der Waals surface area contributed by atoms with Gasteiger partial charge in [-0.15, -0.1) is 24.8 Å². The maximum Gasteiger partial charge on any atom is 0.335 e. The molecule has 1 aromatic rings. The SMILES string of the molecule is CN1CCN(Cc2ccc(C(=O)O)cc2Br)CC1.Cl.Cl. The van der Waals surface area contributed by atoms with Crippen molar-refractivity contribution in [2.24, 2.45) is 0 Å². The van der Waals surface area contributed by atoms with Gasteiger partial charge in [0.1, 0.15) is 0 Å². The predicted molar refractivity (Wildman–Crippen MR) is 88.4 cm³/mol. The van der Waals surface area contributed by atoms with E-state index in [9.17, 15) is 4.79 Å². The van der Waals surface area contributed by atoms with Crippen LogP contribution in [-0.2, 0) is 6.54 Å². The van der Waals surface area contributed by atoms with Crippen molar-refractivity contribution in [2.75, 3.05) is 33.2 Å². The van der Waals surface area contributed by atoms with Crippen LogP contribution in [0.5, 0.6) is 0 Å². The molecule has 1 saturated heterocycles. The zero-order chi connectivity index (χ0) is 13.1. The number of likely N-dealkylation sites (N-methyl/N-ethyl adjacent to an activating group) is 1. The molecule has 0 aliphatic carbocycles. The maximum absolute atomic E-state index is 10.9. The Labute approximate surface area is 140 Å². The minimum atomic E-state index is -0.887. The van der Waals surface area contributed by atoms with Crippen LogP contribution < -0.4 is 0 Å². The van der Waals surface area contributed by atoms with E-state index in [-0.39, 0.29) is 24.8 Å². The van der Waals surface area contributed by atoms with Crippen molar-refractivity contribution < 1.29 is 9.90 Å². The Morgan fingerprint density at radius 2 is 1.85 bits per heavy atom. The van der Waals surface area contributed by atoms with Crippen molar-refractivity contribution in [1.82, 2.24) is 9.80 Å². The minimum Gasteiger partial charge on any atom is -0.478 e. The fourth-order valence-corrected chi connectivity index (χ4v) is 2.56. The van der Waals surface area contributed by atoms with Gasteiger partial charge in [-0.05, 0) is 24.7 Å². The summed E-state index contributed by atoms with van der Waals surface area (Å²) in [5.74, 6) is -0.887. The molecule has 1 aromatic carbocycles. The molecule has 20 heavy (non-hydrogen) atoms. The zero-order valence-corrected chi connectivity index (χ0v) is 14.4. The van der Waals surface area contributed by atoms with Crippen molar-refractivity contribution >= 4 is 46.7 Å². The molecule has 0 spiro atoms. The lowest BCUT2D eigenvalue weighted by atomic mass is 10.1. The van der Waals surface area contributed by atoms with Crippen molar-refractivity contribution in [3.8, 4) is 0 Å². The highest BCUT2D eigenvalue weighted by Crippen LogP contribution is 2.21. The molecule has 1 aliphatic rings. The number of carboxylic acid groups (broad SMARTS) is 1. The van der Waals surface area contributed by atoms with Gasteiger partial charge in [0.2, 0.25) is 0 Å². The van der Waals surface area contributed by atoms with E-state index in [1.54, 1.807) is 12.1 Å². The van der Waals surface area contributed by atoms with Crippen LogP contribution in [0.4, 0.5) is 0 Å². The topological polar surface area (TPSA) is 43.8 Å². The Morgan fingerprint density at radius 3 is 2.35 bits per heavy atom. The summed E-state index contributed by atoms with van der Waals surface area (Å²) in [4.78, 5) is 15.6. The standard InChI is InChI=1S/C13H17BrN2O2.2ClH/c1-15-4-6-16(7-5-15)9-11-3-2-10(13(17)18)8-12(11)14;;/h2-3,8H,4-7,9H2,1H3,(H,17,18);2*1H. The lowest BCUT2D eigenvalue weighted by Gasteiger charge is -2.32. The molecule has 114 valence electrons. The number of aromatic carboxylic acids is 1. The molecule has 2 rings (SSSR count). The number of carboxylic acids is 1. The van der Waals surface area contributed by atoms with Crippen LogP contribution in [0.2, 0.25) is 0 Å². The lowest BCUT2D eigenvalue weighted by Crippen LogP contribution is -2.43. The highest BCUT2D eigenvalue weighted by atomic mass is 79.9. The van der Waals surface area contributed by atoms with E-state index >= 15 is 0 Å². The molecule has 0 saturated carbocycles. The Morgan fingerprint density at radius 1 is 1.25 bits per heavy atom. The van der Waals surface area contributed by atoms with Crippen LogP contribution in [0.1, 0.15) is 15.9 Å². The summed E-state index contributed by atoms with van der Waals surface area (Å²) in [5, 5.41) is 8.91. The molecule has 0 amide bonds. The Kier molecular flexibility index (Phi) is 8.70. The maximum atomic E-state index is 10.9. The van der Waals surface area contributed by atoms with Gasteiger partial charge in [0.25, 0.3) is 0 Å². The highest BCUT2D eigenvalue weighted by Gasteiger charge is 2.15. The molecule has 1 fully saturated rings. The Hall–Kier alpha value is -0.330. The van der Waals surface area contributed by atoms with E-state index in [1.165, 1.54) is 0 Å². The quantitative estimate of drug-likeness (QED) is 0.868. The van der Waals surface area contributed by atoms with E-state index < -0.39 is 5.97 Å². The van der Waals surface area contributed by atoms with E-state index in [2.05, 4.69) is 32.8 Å². The van der Waals surface area contributed by atoms with E-state index in [0.29, 0.717) is 5.56 Å². The molecule has 1 heterocycles. The normalized spacial score (nSPS) is 16.1. The summed E-state index contributed by atoms with van der Waals surface area (Å²) in [6, 6.07) is 5.23. The fraction of sp³-hybridized carbons (Fsp3) is 0.462. The molecule has 0 radical (unpaired) electrons. The zero-order valence-electron chi connectivity index (χ0n) is 11.2. The van der Waals surface area contributed by atoms with E-state index in [1.807, 2.05) is 6.07 Å². The van der Waals surface area contributed by atoms with Crippen LogP contribution >= 0.6 is 40.7 Å². The van der Waals surface area contributed by atoms with Gasteiger partial charge >= 0.3 is 5.97 Å². The first-order chi connectivity index (χ1) is 8.56. The summed E-state index contributed by atoms with van der Waals surface area (Å²) >= 11 is 3.45. The molecule has 0 atom stereocenters. The van der Waals surface area contributed by atoms with Gasteiger partial charge in [0.05, 0.1) is 5.56 Å². The molecule has 0 unspecified atom stereocenters. The first-order valence-corrected chi connectivity index (χ1v) is 6.78. The van der Waals surface area contributed by atoms with E-state index in [0.717, 1.165) is 42.8 Å². The molecule has 1 aliphatic heterocycles. The van der Waals surface area contributed by atoms with Crippen LogP contribution in [0.15, 0.2) is 22.7 Å². The third-order valence-corrected chi connectivity index (χ3v) is 4.03. The van der Waals surface area contributed by atoms with Crippen molar-refractivity contribution in [3.05, 3.63) is 33.8 Å². The Balaban J connectivity index is 0.00000180. The van der Waals surface area contributed by atoms with Crippen molar-refractivity contribution in [3.63, 3.8) is 0 Å².